The number of amides is 1. The van der Waals surface area contributed by atoms with Gasteiger partial charge in [0.25, 0.3) is 5.91 Å². The van der Waals surface area contributed by atoms with Crippen LogP contribution in [0.4, 0.5) is 0 Å². The van der Waals surface area contributed by atoms with Crippen LogP contribution in [0.3, 0.4) is 0 Å². The second-order valence-electron chi connectivity index (χ2n) is 9.66. The van der Waals surface area contributed by atoms with Crippen molar-refractivity contribution in [2.45, 2.75) is 33.4 Å². The van der Waals surface area contributed by atoms with Crippen LogP contribution < -0.4 is 5.32 Å². The molecule has 0 saturated heterocycles. The second kappa shape index (κ2) is 10.9. The molecule has 196 valence electrons. The van der Waals surface area contributed by atoms with Gasteiger partial charge in [0.1, 0.15) is 4.60 Å². The molecule has 0 aliphatic heterocycles. The topological polar surface area (TPSA) is 84.2 Å². The lowest BCUT2D eigenvalue weighted by Gasteiger charge is -2.14. The minimum Gasteiger partial charge on any atom is -0.478 e. The van der Waals surface area contributed by atoms with Crippen LogP contribution in [0.5, 0.6) is 0 Å². The largest absolute Gasteiger partial charge is 0.478 e. The molecule has 2 heterocycles. The molecule has 0 spiro atoms. The van der Waals surface area contributed by atoms with E-state index >= 15 is 0 Å². The fraction of sp³-hybridized carbons (Fsp3) is 0.156. The Kier molecular flexibility index (Phi) is 7.35. The summed E-state index contributed by atoms with van der Waals surface area (Å²) in [5.41, 5.74) is 7.67. The number of nitrogens with zero attached hydrogens (tertiary/aromatic N) is 2. The van der Waals surface area contributed by atoms with Gasteiger partial charge in [0, 0.05) is 28.7 Å². The van der Waals surface area contributed by atoms with E-state index in [1.165, 1.54) is 0 Å². The van der Waals surface area contributed by atoms with Gasteiger partial charge >= 0.3 is 5.97 Å². The van der Waals surface area contributed by atoms with Crippen molar-refractivity contribution in [3.8, 4) is 11.1 Å². The third kappa shape index (κ3) is 5.36. The highest BCUT2D eigenvalue weighted by molar-refractivity contribution is 9.10. The highest BCUT2D eigenvalue weighted by Crippen LogP contribution is 2.29. The number of halogens is 1. The van der Waals surface area contributed by atoms with Gasteiger partial charge in [-0.2, -0.15) is 0 Å². The fourth-order valence-electron chi connectivity index (χ4n) is 4.91. The maximum absolute atomic E-state index is 13.1. The summed E-state index contributed by atoms with van der Waals surface area (Å²) in [4.78, 5) is 29.1. The Morgan fingerprint density at radius 2 is 1.72 bits per heavy atom. The number of aryl methyl sites for hydroxylation is 1. The van der Waals surface area contributed by atoms with Crippen LogP contribution in [-0.2, 0) is 6.54 Å². The molecule has 2 N–H and O–H groups in total. The maximum atomic E-state index is 13.1. The lowest BCUT2D eigenvalue weighted by molar-refractivity contribution is 0.0697. The van der Waals surface area contributed by atoms with Gasteiger partial charge in [-0.1, -0.05) is 48.5 Å². The number of rotatable bonds is 7. The molecule has 2 aromatic heterocycles. The summed E-state index contributed by atoms with van der Waals surface area (Å²) in [7, 11) is 0. The fourth-order valence-corrected chi connectivity index (χ4v) is 5.26. The Morgan fingerprint density at radius 1 is 0.974 bits per heavy atom. The highest BCUT2D eigenvalue weighted by Gasteiger charge is 2.17. The summed E-state index contributed by atoms with van der Waals surface area (Å²) in [5.74, 6) is -1.08. The number of hydrogen-bond acceptors (Lipinski definition) is 3. The Morgan fingerprint density at radius 3 is 2.44 bits per heavy atom. The number of aromatic nitrogens is 2. The van der Waals surface area contributed by atoms with Crippen molar-refractivity contribution in [1.29, 1.82) is 0 Å². The monoisotopic (exact) mass is 581 g/mol. The molecule has 0 fully saturated rings. The van der Waals surface area contributed by atoms with Crippen molar-refractivity contribution in [2.75, 3.05) is 0 Å². The molecule has 0 aliphatic rings. The van der Waals surface area contributed by atoms with E-state index < -0.39 is 5.97 Å². The van der Waals surface area contributed by atoms with E-state index in [2.05, 4.69) is 44.6 Å². The van der Waals surface area contributed by atoms with Crippen LogP contribution in [0.2, 0.25) is 0 Å². The summed E-state index contributed by atoms with van der Waals surface area (Å²) < 4.78 is 2.98. The number of carbonyl (C=O) groups excluding carboxylic acids is 1. The predicted molar refractivity (Wildman–Crippen MR) is 157 cm³/mol. The molecule has 0 saturated carbocycles. The van der Waals surface area contributed by atoms with Crippen LogP contribution in [0.1, 0.15) is 56.2 Å². The molecule has 1 amide bonds. The average Bonchev–Trinajstić information content (AvgIpc) is 3.17. The van der Waals surface area contributed by atoms with Gasteiger partial charge < -0.3 is 15.0 Å². The zero-order valence-corrected chi connectivity index (χ0v) is 23.5. The summed E-state index contributed by atoms with van der Waals surface area (Å²) in [6, 6.07) is 26.3. The Labute approximate surface area is 235 Å². The lowest BCUT2D eigenvalue weighted by atomic mass is 9.99. The van der Waals surface area contributed by atoms with Crippen molar-refractivity contribution < 1.29 is 14.7 Å². The molecule has 0 aliphatic carbocycles. The predicted octanol–water partition coefficient (Wildman–Crippen LogP) is 7.32. The first-order chi connectivity index (χ1) is 18.7. The lowest BCUT2D eigenvalue weighted by Crippen LogP contribution is -2.27. The van der Waals surface area contributed by atoms with E-state index in [9.17, 15) is 14.7 Å². The van der Waals surface area contributed by atoms with Crippen LogP contribution in [0.25, 0.3) is 22.0 Å². The van der Waals surface area contributed by atoms with Gasteiger partial charge in [-0.15, -0.1) is 0 Å². The first-order valence-electron chi connectivity index (χ1n) is 12.7. The summed E-state index contributed by atoms with van der Waals surface area (Å²) in [6.07, 6.45) is 0. The Bertz CT molecular complexity index is 1710. The van der Waals surface area contributed by atoms with Gasteiger partial charge in [0.2, 0.25) is 0 Å². The van der Waals surface area contributed by atoms with Crippen LogP contribution in [0, 0.1) is 13.8 Å². The smallest absolute Gasteiger partial charge is 0.336 e. The van der Waals surface area contributed by atoms with E-state index in [4.69, 9.17) is 0 Å². The van der Waals surface area contributed by atoms with Crippen LogP contribution >= 0.6 is 15.9 Å². The Hall–Kier alpha value is -4.23. The summed E-state index contributed by atoms with van der Waals surface area (Å²) >= 11 is 3.38. The van der Waals surface area contributed by atoms with Crippen molar-refractivity contribution in [3.05, 3.63) is 123 Å². The molecular weight excluding hydrogens is 554 g/mol. The quantitative estimate of drug-likeness (QED) is 0.197. The standard InChI is InChI=1S/C32H28BrN3O3/c1-19-21(3)36(18-22-11-13-23(14-12-22)25-7-4-5-8-26(25)32(38)39)29-16-15-24(17-27(19)29)31(37)34-20(2)28-9-6-10-30(33)35-28/h4-17,20H,18H2,1-3H3,(H,34,37)(H,38,39)/t20-/m1/s1. The minimum absolute atomic E-state index is 0.145. The molecule has 3 aromatic carbocycles. The average molecular weight is 582 g/mol. The third-order valence-electron chi connectivity index (χ3n) is 7.19. The molecule has 39 heavy (non-hydrogen) atoms. The zero-order valence-electron chi connectivity index (χ0n) is 21.9. The number of hydrogen-bond donors (Lipinski definition) is 2. The van der Waals surface area contributed by atoms with Gasteiger partial charge in [0.05, 0.1) is 17.3 Å². The van der Waals surface area contributed by atoms with E-state index in [1.807, 2.05) is 79.7 Å². The molecule has 5 aromatic rings. The number of carboxylic acids is 1. The van der Waals surface area contributed by atoms with Gasteiger partial charge in [-0.3, -0.25) is 4.79 Å². The van der Waals surface area contributed by atoms with E-state index in [1.54, 1.807) is 12.1 Å². The number of carboxylic acid groups (broad SMARTS) is 1. The molecule has 0 radical (unpaired) electrons. The van der Waals surface area contributed by atoms with Crippen LogP contribution in [0.15, 0.2) is 89.5 Å². The van der Waals surface area contributed by atoms with E-state index in [0.717, 1.165) is 43.6 Å². The summed E-state index contributed by atoms with van der Waals surface area (Å²) in [5, 5.41) is 13.6. The normalized spacial score (nSPS) is 11.9. The molecule has 1 atom stereocenters. The first kappa shape index (κ1) is 26.4. The molecule has 5 rings (SSSR count). The van der Waals surface area contributed by atoms with Crippen molar-refractivity contribution in [3.63, 3.8) is 0 Å². The van der Waals surface area contributed by atoms with Crippen molar-refractivity contribution >= 4 is 38.7 Å². The number of benzene rings is 3. The van der Waals surface area contributed by atoms with Gasteiger partial charge in [-0.25, -0.2) is 9.78 Å². The molecule has 0 unspecified atom stereocenters. The highest BCUT2D eigenvalue weighted by atomic mass is 79.9. The number of nitrogens with one attached hydrogen (secondary N) is 1. The SMILES string of the molecule is Cc1c(C)n(Cc2ccc(-c3ccccc3C(=O)O)cc2)c2ccc(C(=O)N[C@H](C)c3cccc(Br)n3)cc12. The summed E-state index contributed by atoms with van der Waals surface area (Å²) in [6.45, 7) is 6.75. The number of pyridine rings is 1. The number of fused-ring (bicyclic) bond motifs is 1. The molecule has 7 heteroatoms. The number of aromatic carboxylic acids is 1. The zero-order chi connectivity index (χ0) is 27.7. The number of carbonyl (C=O) groups is 2. The van der Waals surface area contributed by atoms with E-state index in [0.29, 0.717) is 17.7 Å². The third-order valence-corrected chi connectivity index (χ3v) is 7.63. The Balaban J connectivity index is 1.39. The maximum Gasteiger partial charge on any atom is 0.336 e. The van der Waals surface area contributed by atoms with Crippen LogP contribution in [-0.4, -0.2) is 26.5 Å². The van der Waals surface area contributed by atoms with Crippen molar-refractivity contribution in [2.24, 2.45) is 0 Å². The second-order valence-corrected chi connectivity index (χ2v) is 10.5. The van der Waals surface area contributed by atoms with E-state index in [-0.39, 0.29) is 17.5 Å². The van der Waals surface area contributed by atoms with Gasteiger partial charge in [0.15, 0.2) is 0 Å². The minimum atomic E-state index is -0.938. The van der Waals surface area contributed by atoms with Crippen molar-refractivity contribution in [1.82, 2.24) is 14.9 Å². The molecular formula is C32H28BrN3O3. The van der Waals surface area contributed by atoms with Gasteiger partial charge in [-0.05, 0) is 95.4 Å². The molecule has 0 bridgehead atoms. The first-order valence-corrected chi connectivity index (χ1v) is 13.5. The molecule has 6 nitrogen and oxygen atoms in total.